The Bertz CT molecular complexity index is 3290. The van der Waals surface area contributed by atoms with Gasteiger partial charge >= 0.3 is 0 Å². The minimum atomic E-state index is 0.792. The molecule has 0 bridgehead atoms. The van der Waals surface area contributed by atoms with Crippen molar-refractivity contribution in [1.29, 1.82) is 0 Å². The summed E-state index contributed by atoms with van der Waals surface area (Å²) in [6.07, 6.45) is 10.9. The number of aromatic nitrogens is 2. The van der Waals surface area contributed by atoms with Gasteiger partial charge in [-0.05, 0) is 137 Å². The number of allylic oxidation sites excluding steroid dienone is 6. The average Bonchev–Trinajstić information content (AvgIpc) is 3.65. The summed E-state index contributed by atoms with van der Waals surface area (Å²) in [4.78, 5) is 5.17. The van der Waals surface area contributed by atoms with Gasteiger partial charge in [-0.15, -0.1) is 0 Å². The maximum atomic E-state index is 5.17. The molecule has 268 valence electrons. The summed E-state index contributed by atoms with van der Waals surface area (Å²) in [5, 5.41) is 10.0. The normalized spacial score (nSPS) is 15.1. The topological polar surface area (TPSA) is 17.8 Å². The van der Waals surface area contributed by atoms with E-state index in [1.807, 2.05) is 0 Å². The van der Waals surface area contributed by atoms with Crippen LogP contribution in [0, 0.1) is 0 Å². The summed E-state index contributed by atoms with van der Waals surface area (Å²) >= 11 is 0. The van der Waals surface area contributed by atoms with Crippen molar-refractivity contribution >= 4 is 65.3 Å². The zero-order valence-corrected chi connectivity index (χ0v) is 31.4. The van der Waals surface area contributed by atoms with Crippen LogP contribution >= 0.6 is 0 Å². The molecule has 0 spiro atoms. The molecule has 1 heterocycles. The second kappa shape index (κ2) is 13.8. The van der Waals surface area contributed by atoms with Gasteiger partial charge in [-0.3, -0.25) is 4.57 Å². The first-order valence-corrected chi connectivity index (χ1v) is 19.8. The van der Waals surface area contributed by atoms with Gasteiger partial charge in [0.05, 0.1) is 11.0 Å². The van der Waals surface area contributed by atoms with E-state index in [0.29, 0.717) is 0 Å². The molecule has 9 aromatic carbocycles. The molecule has 57 heavy (non-hydrogen) atoms. The average molecular weight is 727 g/mol. The van der Waals surface area contributed by atoms with Crippen LogP contribution in [0.3, 0.4) is 0 Å². The lowest BCUT2D eigenvalue weighted by Crippen LogP contribution is -2.01. The van der Waals surface area contributed by atoms with Crippen LogP contribution < -0.4 is 0 Å². The van der Waals surface area contributed by atoms with E-state index in [1.54, 1.807) is 0 Å². The molecule has 1 aliphatic carbocycles. The van der Waals surface area contributed by atoms with E-state index < -0.39 is 0 Å². The number of imidazole rings is 1. The van der Waals surface area contributed by atoms with Gasteiger partial charge in [0.2, 0.25) is 0 Å². The molecule has 2 nitrogen and oxygen atoms in total. The van der Waals surface area contributed by atoms with Gasteiger partial charge in [0, 0.05) is 5.69 Å². The molecule has 0 atom stereocenters. The summed E-state index contributed by atoms with van der Waals surface area (Å²) in [5.74, 6) is 1.00. The Morgan fingerprint density at radius 1 is 0.439 bits per heavy atom. The molecular weight excluding hydrogens is 689 g/mol. The molecule has 0 fully saturated rings. The molecule has 11 rings (SSSR count). The third-order valence-electron chi connectivity index (χ3n) is 11.6. The number of rotatable bonds is 5. The van der Waals surface area contributed by atoms with E-state index in [0.717, 1.165) is 35.4 Å². The number of hydrogen-bond acceptors (Lipinski definition) is 1. The molecule has 0 saturated heterocycles. The summed E-state index contributed by atoms with van der Waals surface area (Å²) < 4.78 is 2.30. The summed E-state index contributed by atoms with van der Waals surface area (Å²) in [6, 6.07) is 66.3. The molecule has 0 aliphatic heterocycles. The van der Waals surface area contributed by atoms with Gasteiger partial charge in [0.1, 0.15) is 5.82 Å². The number of nitrogens with zero attached hydrogens (tertiary/aromatic N) is 2. The van der Waals surface area contributed by atoms with E-state index in [4.69, 9.17) is 4.98 Å². The fraction of sp³-hybridized carbons (Fsp3) is 0.0364. The van der Waals surface area contributed by atoms with Crippen LogP contribution in [0.4, 0.5) is 0 Å². The maximum Gasteiger partial charge on any atom is 0.141 e. The smallest absolute Gasteiger partial charge is 0.141 e. The monoisotopic (exact) mass is 726 g/mol. The second-order valence-electron chi connectivity index (χ2n) is 15.0. The highest BCUT2D eigenvalue weighted by molar-refractivity contribution is 6.22. The third-order valence-corrected chi connectivity index (χ3v) is 11.6. The van der Waals surface area contributed by atoms with E-state index in [-0.39, 0.29) is 0 Å². The predicted octanol–water partition coefficient (Wildman–Crippen LogP) is 14.8. The van der Waals surface area contributed by atoms with Crippen LogP contribution in [-0.4, -0.2) is 9.55 Å². The second-order valence-corrected chi connectivity index (χ2v) is 15.0. The Balaban J connectivity index is 1.08. The Morgan fingerprint density at radius 2 is 1.02 bits per heavy atom. The van der Waals surface area contributed by atoms with Gasteiger partial charge in [0.15, 0.2) is 0 Å². The van der Waals surface area contributed by atoms with E-state index in [9.17, 15) is 0 Å². The van der Waals surface area contributed by atoms with Crippen LogP contribution in [0.2, 0.25) is 0 Å². The SMILES string of the molecule is C1=C/C(c2ccc3c(-c4ccc5ccccc5c4)c4ccccc4c(-c4ccc5ccccc5c4)c3c2)=C\C/C=C(/c2nc3ccccc3n2-c2ccccc2)C1. The lowest BCUT2D eigenvalue weighted by molar-refractivity contribution is 1.04. The van der Waals surface area contributed by atoms with Crippen LogP contribution in [-0.2, 0) is 0 Å². The van der Waals surface area contributed by atoms with Crippen molar-refractivity contribution < 1.29 is 0 Å². The quantitative estimate of drug-likeness (QED) is 0.162. The van der Waals surface area contributed by atoms with Gasteiger partial charge in [-0.2, -0.15) is 0 Å². The highest BCUT2D eigenvalue weighted by Crippen LogP contribution is 2.45. The summed E-state index contributed by atoms with van der Waals surface area (Å²) in [6.45, 7) is 0. The Morgan fingerprint density at radius 3 is 1.74 bits per heavy atom. The molecule has 1 aliphatic rings. The van der Waals surface area contributed by atoms with E-state index in [2.05, 4.69) is 211 Å². The van der Waals surface area contributed by atoms with Crippen molar-refractivity contribution in [2.45, 2.75) is 12.8 Å². The van der Waals surface area contributed by atoms with Crippen molar-refractivity contribution in [2.75, 3.05) is 0 Å². The minimum Gasteiger partial charge on any atom is -0.293 e. The number of fused-ring (bicyclic) bond motifs is 5. The maximum absolute atomic E-state index is 5.17. The van der Waals surface area contributed by atoms with Gasteiger partial charge < -0.3 is 0 Å². The molecule has 0 N–H and O–H groups in total. The first-order valence-electron chi connectivity index (χ1n) is 19.8. The molecule has 0 amide bonds. The predicted molar refractivity (Wildman–Crippen MR) is 243 cm³/mol. The molecule has 10 aromatic rings. The lowest BCUT2D eigenvalue weighted by Gasteiger charge is -2.19. The standard InChI is InChI=1S/C55H38N2/c1-2-22-46(23-3-1)57-52-27-11-10-26-51(52)56-55(57)40-20-12-18-37(19-13-21-40)43-32-33-49-50(36-43)54(45-31-29-39-15-5-7-17-42(39)35-45)48-25-9-8-24-47(48)53(49)44-30-28-38-14-4-6-16-41(38)34-44/h1-12,14-19,21-36H,13,20H2/b18-12?,37-19+,40-21+. The zero-order valence-electron chi connectivity index (χ0n) is 31.4. The van der Waals surface area contributed by atoms with Crippen molar-refractivity contribution in [3.05, 3.63) is 218 Å². The first kappa shape index (κ1) is 33.1. The third kappa shape index (κ3) is 5.77. The molecule has 1 aromatic heterocycles. The van der Waals surface area contributed by atoms with Crippen molar-refractivity contribution in [3.8, 4) is 27.9 Å². The van der Waals surface area contributed by atoms with Crippen molar-refractivity contribution in [2.24, 2.45) is 0 Å². The van der Waals surface area contributed by atoms with Crippen LogP contribution in [0.1, 0.15) is 24.2 Å². The lowest BCUT2D eigenvalue weighted by atomic mass is 9.84. The zero-order chi connectivity index (χ0) is 37.7. The fourth-order valence-electron chi connectivity index (χ4n) is 8.94. The molecule has 2 heteroatoms. The highest BCUT2D eigenvalue weighted by Gasteiger charge is 2.20. The van der Waals surface area contributed by atoms with Crippen LogP contribution in [0.5, 0.6) is 0 Å². The fourth-order valence-corrected chi connectivity index (χ4v) is 8.94. The number of benzene rings is 9. The van der Waals surface area contributed by atoms with Gasteiger partial charge in [-0.1, -0.05) is 164 Å². The Hall–Kier alpha value is -7.29. The molecule has 0 radical (unpaired) electrons. The molecule has 0 unspecified atom stereocenters. The van der Waals surface area contributed by atoms with Crippen LogP contribution in [0.25, 0.3) is 93.2 Å². The van der Waals surface area contributed by atoms with E-state index in [1.165, 1.54) is 82.1 Å². The molecular formula is C55H38N2. The minimum absolute atomic E-state index is 0.792. The largest absolute Gasteiger partial charge is 0.293 e. The number of hydrogen-bond donors (Lipinski definition) is 0. The van der Waals surface area contributed by atoms with Gasteiger partial charge in [-0.25, -0.2) is 4.98 Å². The van der Waals surface area contributed by atoms with Crippen molar-refractivity contribution in [1.82, 2.24) is 9.55 Å². The Labute approximate surface area is 332 Å². The summed E-state index contributed by atoms with van der Waals surface area (Å²) in [5.41, 5.74) is 11.9. The molecule has 0 saturated carbocycles. The van der Waals surface area contributed by atoms with E-state index >= 15 is 0 Å². The van der Waals surface area contributed by atoms with Gasteiger partial charge in [0.25, 0.3) is 0 Å². The number of para-hydroxylation sites is 3. The Kier molecular flexibility index (Phi) is 8.00. The highest BCUT2D eigenvalue weighted by atomic mass is 15.1. The van der Waals surface area contributed by atoms with Crippen LogP contribution in [0.15, 0.2) is 206 Å². The summed E-state index contributed by atoms with van der Waals surface area (Å²) in [7, 11) is 0. The van der Waals surface area contributed by atoms with Crippen molar-refractivity contribution in [3.63, 3.8) is 0 Å². The first-order chi connectivity index (χ1) is 28.3.